The maximum atomic E-state index is 12.8. The van der Waals surface area contributed by atoms with Gasteiger partial charge in [-0.3, -0.25) is 4.79 Å². The van der Waals surface area contributed by atoms with Crippen molar-refractivity contribution >= 4 is 40.2 Å². The average Bonchev–Trinajstić information content (AvgIpc) is 2.90. The molecule has 1 atom stereocenters. The fourth-order valence-electron chi connectivity index (χ4n) is 3.56. The Morgan fingerprint density at radius 2 is 1.96 bits per heavy atom. The number of amides is 1. The number of hydrogen-bond acceptors (Lipinski definition) is 2. The molecule has 0 radical (unpaired) electrons. The number of para-hydroxylation sites is 1. The van der Waals surface area contributed by atoms with E-state index in [1.165, 1.54) is 5.56 Å². The van der Waals surface area contributed by atoms with E-state index in [0.29, 0.717) is 11.7 Å². The van der Waals surface area contributed by atoms with E-state index in [-0.39, 0.29) is 5.91 Å². The van der Waals surface area contributed by atoms with Crippen LogP contribution in [0, 0.1) is 0 Å². The zero-order valence-corrected chi connectivity index (χ0v) is 16.0. The summed E-state index contributed by atoms with van der Waals surface area (Å²) in [6.07, 6.45) is 3.35. The second-order valence-electron chi connectivity index (χ2n) is 6.59. The molecule has 3 nitrogen and oxygen atoms in total. The number of carbonyl (C=O) groups excluding carboxylic acids is 1. The van der Waals surface area contributed by atoms with E-state index < -0.39 is 0 Å². The summed E-state index contributed by atoms with van der Waals surface area (Å²) in [4.78, 5) is 18.1. The first-order valence-corrected chi connectivity index (χ1v) is 10.3. The maximum absolute atomic E-state index is 12.8. The number of aromatic amines is 1. The summed E-state index contributed by atoms with van der Waals surface area (Å²) in [5, 5.41) is 2.32. The van der Waals surface area contributed by atoms with Gasteiger partial charge in [-0.1, -0.05) is 48.0 Å². The van der Waals surface area contributed by atoms with Gasteiger partial charge in [0, 0.05) is 46.2 Å². The molecule has 1 aliphatic heterocycles. The maximum Gasteiger partial charge on any atom is 0.227 e. The summed E-state index contributed by atoms with van der Waals surface area (Å²) in [5.74, 6) is 1.14. The van der Waals surface area contributed by atoms with Gasteiger partial charge in [0.25, 0.3) is 0 Å². The fraction of sp³-hybridized carbons (Fsp3) is 0.286. The summed E-state index contributed by atoms with van der Waals surface area (Å²) in [7, 11) is 0. The number of carbonyl (C=O) groups is 1. The molecular weight excluding hydrogens is 364 g/mol. The summed E-state index contributed by atoms with van der Waals surface area (Å²) in [6.45, 7) is 1.58. The minimum Gasteiger partial charge on any atom is -0.361 e. The van der Waals surface area contributed by atoms with E-state index in [9.17, 15) is 4.79 Å². The SMILES string of the molecule is O=C(Cc1c[nH]c2ccccc12)N1CCS[C@@H](c2ccccc2Cl)CC1. The lowest BCUT2D eigenvalue weighted by Crippen LogP contribution is -2.34. The second kappa shape index (κ2) is 7.77. The average molecular weight is 385 g/mol. The largest absolute Gasteiger partial charge is 0.361 e. The van der Waals surface area contributed by atoms with Gasteiger partial charge in [-0.15, -0.1) is 0 Å². The molecule has 1 aliphatic rings. The van der Waals surface area contributed by atoms with Crippen LogP contribution in [0.2, 0.25) is 5.02 Å². The van der Waals surface area contributed by atoms with Gasteiger partial charge in [-0.25, -0.2) is 0 Å². The molecule has 5 heteroatoms. The van der Waals surface area contributed by atoms with E-state index in [2.05, 4.69) is 17.1 Å². The zero-order valence-electron chi connectivity index (χ0n) is 14.5. The third kappa shape index (κ3) is 3.62. The van der Waals surface area contributed by atoms with Gasteiger partial charge < -0.3 is 9.88 Å². The molecule has 134 valence electrons. The predicted molar refractivity (Wildman–Crippen MR) is 110 cm³/mol. The summed E-state index contributed by atoms with van der Waals surface area (Å²) in [6, 6.07) is 16.2. The molecule has 1 N–H and O–H groups in total. The highest BCUT2D eigenvalue weighted by Gasteiger charge is 2.23. The number of thioether (sulfide) groups is 1. The lowest BCUT2D eigenvalue weighted by molar-refractivity contribution is -0.130. The van der Waals surface area contributed by atoms with Gasteiger partial charge >= 0.3 is 0 Å². The van der Waals surface area contributed by atoms with Crippen LogP contribution in [0.25, 0.3) is 10.9 Å². The number of rotatable bonds is 3. The highest BCUT2D eigenvalue weighted by Crippen LogP contribution is 2.37. The van der Waals surface area contributed by atoms with Crippen LogP contribution >= 0.6 is 23.4 Å². The third-order valence-electron chi connectivity index (χ3n) is 4.96. The van der Waals surface area contributed by atoms with Crippen LogP contribution in [0.3, 0.4) is 0 Å². The molecule has 4 rings (SSSR count). The van der Waals surface area contributed by atoms with Crippen molar-refractivity contribution in [2.45, 2.75) is 18.1 Å². The first kappa shape index (κ1) is 17.5. The number of fused-ring (bicyclic) bond motifs is 1. The number of H-pyrrole nitrogens is 1. The van der Waals surface area contributed by atoms with Crippen molar-refractivity contribution in [2.24, 2.45) is 0 Å². The Labute approximate surface area is 162 Å². The van der Waals surface area contributed by atoms with Gasteiger partial charge in [0.1, 0.15) is 0 Å². The normalized spacial score (nSPS) is 18.0. The quantitative estimate of drug-likeness (QED) is 0.684. The van der Waals surface area contributed by atoms with Gasteiger partial charge in [-0.05, 0) is 29.7 Å². The summed E-state index contributed by atoms with van der Waals surface area (Å²) in [5.41, 5.74) is 3.34. The molecule has 3 aromatic rings. The lowest BCUT2D eigenvalue weighted by Gasteiger charge is -2.20. The van der Waals surface area contributed by atoms with Crippen molar-refractivity contribution in [3.8, 4) is 0 Å². The molecule has 0 aliphatic carbocycles. The Balaban J connectivity index is 1.44. The van der Waals surface area contributed by atoms with Crippen LogP contribution in [-0.2, 0) is 11.2 Å². The van der Waals surface area contributed by atoms with Crippen LogP contribution in [0.1, 0.15) is 22.8 Å². The predicted octanol–water partition coefficient (Wildman–Crippen LogP) is 5.07. The van der Waals surface area contributed by atoms with Crippen molar-refractivity contribution in [3.63, 3.8) is 0 Å². The van der Waals surface area contributed by atoms with Gasteiger partial charge in [0.2, 0.25) is 5.91 Å². The van der Waals surface area contributed by atoms with Crippen LogP contribution in [-0.4, -0.2) is 34.6 Å². The molecule has 0 spiro atoms. The molecule has 2 aromatic carbocycles. The van der Waals surface area contributed by atoms with Crippen molar-refractivity contribution < 1.29 is 4.79 Å². The number of benzene rings is 2. The van der Waals surface area contributed by atoms with Crippen molar-refractivity contribution in [1.29, 1.82) is 0 Å². The molecule has 1 aromatic heterocycles. The van der Waals surface area contributed by atoms with Gasteiger partial charge in [-0.2, -0.15) is 11.8 Å². The van der Waals surface area contributed by atoms with Crippen LogP contribution in [0.15, 0.2) is 54.7 Å². The number of nitrogens with zero attached hydrogens (tertiary/aromatic N) is 1. The van der Waals surface area contributed by atoms with Crippen molar-refractivity contribution in [3.05, 3.63) is 70.9 Å². The molecule has 0 bridgehead atoms. The Hall–Kier alpha value is -1.91. The minimum atomic E-state index is 0.204. The molecule has 1 saturated heterocycles. The third-order valence-corrected chi connectivity index (χ3v) is 6.62. The number of halogens is 1. The molecular formula is C21H21ClN2OS. The highest BCUT2D eigenvalue weighted by atomic mass is 35.5. The number of hydrogen-bond donors (Lipinski definition) is 1. The van der Waals surface area contributed by atoms with Crippen LogP contribution < -0.4 is 0 Å². The summed E-state index contributed by atoms with van der Waals surface area (Å²) < 4.78 is 0. The van der Waals surface area contributed by atoms with Crippen molar-refractivity contribution in [2.75, 3.05) is 18.8 Å². The smallest absolute Gasteiger partial charge is 0.227 e. The Kier molecular flexibility index (Phi) is 5.23. The first-order chi connectivity index (χ1) is 12.7. The van der Waals surface area contributed by atoms with E-state index in [4.69, 9.17) is 11.6 Å². The zero-order chi connectivity index (χ0) is 17.9. The molecule has 1 fully saturated rings. The fourth-order valence-corrected chi connectivity index (χ4v) is 5.16. The van der Waals surface area contributed by atoms with E-state index in [1.54, 1.807) is 0 Å². The Morgan fingerprint density at radius 3 is 2.85 bits per heavy atom. The second-order valence-corrected chi connectivity index (χ2v) is 8.30. The van der Waals surface area contributed by atoms with E-state index in [1.807, 2.05) is 59.3 Å². The Bertz CT molecular complexity index is 923. The number of aromatic nitrogens is 1. The van der Waals surface area contributed by atoms with E-state index >= 15 is 0 Å². The molecule has 0 saturated carbocycles. The topological polar surface area (TPSA) is 36.1 Å². The monoisotopic (exact) mass is 384 g/mol. The molecule has 26 heavy (non-hydrogen) atoms. The number of nitrogens with one attached hydrogen (secondary N) is 1. The highest BCUT2D eigenvalue weighted by molar-refractivity contribution is 7.99. The molecule has 0 unspecified atom stereocenters. The summed E-state index contributed by atoms with van der Waals surface area (Å²) >= 11 is 8.26. The van der Waals surface area contributed by atoms with E-state index in [0.717, 1.165) is 46.8 Å². The lowest BCUT2D eigenvalue weighted by atomic mass is 10.1. The molecule has 1 amide bonds. The first-order valence-electron chi connectivity index (χ1n) is 8.91. The van der Waals surface area contributed by atoms with Crippen LogP contribution in [0.5, 0.6) is 0 Å². The van der Waals surface area contributed by atoms with Gasteiger partial charge in [0.15, 0.2) is 0 Å². The standard InChI is InChI=1S/C21H21ClN2OS/c22-18-7-3-1-6-17(18)20-9-10-24(11-12-26-20)21(25)13-15-14-23-19-8-4-2-5-16(15)19/h1-8,14,20,23H,9-13H2/t20-/m1/s1. The minimum absolute atomic E-state index is 0.204. The van der Waals surface area contributed by atoms with Crippen LogP contribution in [0.4, 0.5) is 0 Å². The van der Waals surface area contributed by atoms with Crippen molar-refractivity contribution in [1.82, 2.24) is 9.88 Å². The van der Waals surface area contributed by atoms with Gasteiger partial charge in [0.05, 0.1) is 6.42 Å². The molecule has 2 heterocycles. The Morgan fingerprint density at radius 1 is 1.15 bits per heavy atom.